The van der Waals surface area contributed by atoms with Crippen molar-refractivity contribution in [2.75, 3.05) is 24.2 Å². The number of sulfonamides is 1. The van der Waals surface area contributed by atoms with Crippen LogP contribution < -0.4 is 14.4 Å². The normalized spacial score (nSPS) is 14.5. The van der Waals surface area contributed by atoms with Gasteiger partial charge in [-0.3, -0.25) is 13.9 Å². The maximum Gasteiger partial charge on any atom is 0.244 e. The summed E-state index contributed by atoms with van der Waals surface area (Å²) in [7, 11) is -2.38. The van der Waals surface area contributed by atoms with E-state index < -0.39 is 28.5 Å². The Balaban J connectivity index is 1.75. The molecule has 0 aromatic heterocycles. The van der Waals surface area contributed by atoms with E-state index in [1.165, 1.54) is 12.0 Å². The minimum absolute atomic E-state index is 0.00666. The number of nitrogens with one attached hydrogen (secondary N) is 1. The number of benzene rings is 3. The average molecular weight is 647 g/mol. The van der Waals surface area contributed by atoms with Gasteiger partial charge in [0.15, 0.2) is 0 Å². The standard InChI is InChI=1S/C32H37Cl2N3O5S/c1-42-26-18-16-25(17-19-26)37(43(2,40)41)22-31(38)36(21-27-28(33)14-9-15-29(27)34)30(20-23-10-5-3-6-11-23)32(39)35-24-12-7-4-8-13-24/h3,5-6,9-11,14-19,24,30H,4,7-8,12-13,20-22H2,1-2H3,(H,35,39)/t30-/m1/s1. The van der Waals surface area contributed by atoms with Crippen LogP contribution in [-0.4, -0.2) is 57.1 Å². The van der Waals surface area contributed by atoms with E-state index in [4.69, 9.17) is 27.9 Å². The van der Waals surface area contributed by atoms with Crippen molar-refractivity contribution >= 4 is 50.7 Å². The van der Waals surface area contributed by atoms with Gasteiger partial charge in [0, 0.05) is 34.6 Å². The highest BCUT2D eigenvalue weighted by Gasteiger charge is 2.34. The molecule has 0 spiro atoms. The molecule has 3 aromatic rings. The highest BCUT2D eigenvalue weighted by Crippen LogP contribution is 2.29. The lowest BCUT2D eigenvalue weighted by atomic mass is 9.94. The first kappa shape index (κ1) is 32.6. The first-order chi connectivity index (χ1) is 20.6. The van der Waals surface area contributed by atoms with Crippen LogP contribution in [0.5, 0.6) is 5.75 Å². The first-order valence-electron chi connectivity index (χ1n) is 14.2. The number of carbonyl (C=O) groups excluding carboxylic acids is 2. The number of rotatable bonds is 12. The second-order valence-electron chi connectivity index (χ2n) is 10.7. The van der Waals surface area contributed by atoms with Crippen LogP contribution in [0.4, 0.5) is 5.69 Å². The Morgan fingerprint density at radius 1 is 0.930 bits per heavy atom. The number of nitrogens with zero attached hydrogens (tertiary/aromatic N) is 2. The molecule has 11 heteroatoms. The van der Waals surface area contributed by atoms with Crippen molar-refractivity contribution in [2.45, 2.75) is 57.2 Å². The fourth-order valence-corrected chi connectivity index (χ4v) is 6.68. The van der Waals surface area contributed by atoms with Crippen molar-refractivity contribution < 1.29 is 22.7 Å². The van der Waals surface area contributed by atoms with E-state index in [-0.39, 0.29) is 24.9 Å². The molecule has 1 atom stereocenters. The molecule has 1 saturated carbocycles. The number of halogens is 2. The second kappa shape index (κ2) is 14.9. The summed E-state index contributed by atoms with van der Waals surface area (Å²) in [6, 6.07) is 19.9. The highest BCUT2D eigenvalue weighted by atomic mass is 35.5. The molecule has 230 valence electrons. The smallest absolute Gasteiger partial charge is 0.244 e. The highest BCUT2D eigenvalue weighted by molar-refractivity contribution is 7.92. The summed E-state index contributed by atoms with van der Waals surface area (Å²) in [4.78, 5) is 29.7. The SMILES string of the molecule is COc1ccc(N(CC(=O)N(Cc2c(Cl)cccc2Cl)[C@H](Cc2ccccc2)C(=O)NC2CCCCC2)S(C)(=O)=O)cc1. The third-order valence-corrected chi connectivity index (χ3v) is 9.50. The van der Waals surface area contributed by atoms with Gasteiger partial charge in [-0.05, 0) is 54.8 Å². The molecular weight excluding hydrogens is 609 g/mol. The first-order valence-corrected chi connectivity index (χ1v) is 16.9. The lowest BCUT2D eigenvalue weighted by molar-refractivity contribution is -0.140. The molecule has 0 saturated heterocycles. The summed E-state index contributed by atoms with van der Waals surface area (Å²) < 4.78 is 32.2. The summed E-state index contributed by atoms with van der Waals surface area (Å²) in [6.07, 6.45) is 6.17. The van der Waals surface area contributed by atoms with Crippen molar-refractivity contribution in [1.29, 1.82) is 0 Å². The summed E-state index contributed by atoms with van der Waals surface area (Å²) in [5, 5.41) is 3.85. The van der Waals surface area contributed by atoms with Crippen molar-refractivity contribution in [3.8, 4) is 5.75 Å². The lowest BCUT2D eigenvalue weighted by Gasteiger charge is -2.35. The van der Waals surface area contributed by atoms with Gasteiger partial charge in [0.1, 0.15) is 18.3 Å². The number of hydrogen-bond acceptors (Lipinski definition) is 5. The van der Waals surface area contributed by atoms with Crippen LogP contribution in [0.25, 0.3) is 0 Å². The molecule has 0 unspecified atom stereocenters. The largest absolute Gasteiger partial charge is 0.497 e. The molecule has 1 N–H and O–H groups in total. The van der Waals surface area contributed by atoms with E-state index in [1.54, 1.807) is 42.5 Å². The maximum atomic E-state index is 14.3. The minimum Gasteiger partial charge on any atom is -0.497 e. The Morgan fingerprint density at radius 3 is 2.14 bits per heavy atom. The maximum absolute atomic E-state index is 14.3. The minimum atomic E-state index is -3.89. The fraction of sp³-hybridized carbons (Fsp3) is 0.375. The molecule has 1 aliphatic rings. The Labute approximate surface area is 264 Å². The zero-order valence-electron chi connectivity index (χ0n) is 24.3. The van der Waals surface area contributed by atoms with E-state index >= 15 is 0 Å². The van der Waals surface area contributed by atoms with E-state index in [0.717, 1.165) is 48.2 Å². The number of carbonyl (C=O) groups is 2. The monoisotopic (exact) mass is 645 g/mol. The summed E-state index contributed by atoms with van der Waals surface area (Å²) in [5.41, 5.74) is 1.61. The number of amides is 2. The van der Waals surface area contributed by atoms with Gasteiger partial charge in [0.2, 0.25) is 21.8 Å². The molecule has 4 rings (SSSR count). The molecular formula is C32H37Cl2N3O5S. The van der Waals surface area contributed by atoms with Crippen LogP contribution in [0.3, 0.4) is 0 Å². The fourth-order valence-electron chi connectivity index (χ4n) is 5.31. The van der Waals surface area contributed by atoms with Gasteiger partial charge in [0.05, 0.1) is 19.1 Å². The topological polar surface area (TPSA) is 96.0 Å². The summed E-state index contributed by atoms with van der Waals surface area (Å²) in [6.45, 7) is -0.623. The third kappa shape index (κ3) is 8.87. The lowest BCUT2D eigenvalue weighted by Crippen LogP contribution is -2.55. The second-order valence-corrected chi connectivity index (χ2v) is 13.5. The van der Waals surface area contributed by atoms with Gasteiger partial charge in [-0.1, -0.05) is 78.9 Å². The molecule has 0 aliphatic heterocycles. The van der Waals surface area contributed by atoms with Gasteiger partial charge < -0.3 is 15.0 Å². The molecule has 1 aliphatic carbocycles. The third-order valence-electron chi connectivity index (χ3n) is 7.65. The van der Waals surface area contributed by atoms with Crippen molar-refractivity contribution in [1.82, 2.24) is 10.2 Å². The number of hydrogen-bond donors (Lipinski definition) is 1. The Morgan fingerprint density at radius 2 is 1.56 bits per heavy atom. The average Bonchev–Trinajstić information content (AvgIpc) is 2.99. The van der Waals surface area contributed by atoms with Crippen molar-refractivity contribution in [3.63, 3.8) is 0 Å². The number of methoxy groups -OCH3 is 1. The molecule has 1 fully saturated rings. The predicted octanol–water partition coefficient (Wildman–Crippen LogP) is 5.86. The molecule has 2 amide bonds. The Hall–Kier alpha value is -3.27. The zero-order valence-corrected chi connectivity index (χ0v) is 26.7. The molecule has 0 bridgehead atoms. The molecule has 43 heavy (non-hydrogen) atoms. The van der Waals surface area contributed by atoms with Gasteiger partial charge in [0.25, 0.3) is 0 Å². The molecule has 0 radical (unpaired) electrons. The Bertz CT molecular complexity index is 1480. The summed E-state index contributed by atoms with van der Waals surface area (Å²) in [5.74, 6) is -0.333. The number of ether oxygens (including phenoxy) is 1. The van der Waals surface area contributed by atoms with Crippen LogP contribution in [-0.2, 0) is 32.6 Å². The van der Waals surface area contributed by atoms with E-state index in [0.29, 0.717) is 27.0 Å². The van der Waals surface area contributed by atoms with E-state index in [1.807, 2.05) is 30.3 Å². The van der Waals surface area contributed by atoms with E-state index in [9.17, 15) is 18.0 Å². The van der Waals surface area contributed by atoms with Crippen molar-refractivity contribution in [3.05, 3.63) is 94.0 Å². The molecule has 3 aromatic carbocycles. The summed E-state index contributed by atoms with van der Waals surface area (Å²) >= 11 is 13.1. The molecule has 0 heterocycles. The van der Waals surface area contributed by atoms with Crippen LogP contribution >= 0.6 is 23.2 Å². The molecule has 8 nitrogen and oxygen atoms in total. The van der Waals surface area contributed by atoms with Crippen LogP contribution in [0.15, 0.2) is 72.8 Å². The van der Waals surface area contributed by atoms with Gasteiger partial charge in [-0.2, -0.15) is 0 Å². The Kier molecular flexibility index (Phi) is 11.3. The van der Waals surface area contributed by atoms with E-state index in [2.05, 4.69) is 5.32 Å². The van der Waals surface area contributed by atoms with Crippen LogP contribution in [0, 0.1) is 0 Å². The van der Waals surface area contributed by atoms with Crippen LogP contribution in [0.1, 0.15) is 43.2 Å². The van der Waals surface area contributed by atoms with Gasteiger partial charge >= 0.3 is 0 Å². The van der Waals surface area contributed by atoms with Gasteiger partial charge in [-0.15, -0.1) is 0 Å². The number of anilines is 1. The van der Waals surface area contributed by atoms with Crippen LogP contribution in [0.2, 0.25) is 10.0 Å². The quantitative estimate of drug-likeness (QED) is 0.266. The predicted molar refractivity (Wildman–Crippen MR) is 171 cm³/mol. The van der Waals surface area contributed by atoms with Gasteiger partial charge in [-0.25, -0.2) is 8.42 Å². The zero-order chi connectivity index (χ0) is 31.0. The van der Waals surface area contributed by atoms with Crippen molar-refractivity contribution in [2.24, 2.45) is 0 Å².